The zero-order chi connectivity index (χ0) is 19.3. The lowest BCUT2D eigenvalue weighted by atomic mass is 9.75. The van der Waals surface area contributed by atoms with Gasteiger partial charge in [0.15, 0.2) is 0 Å². The van der Waals surface area contributed by atoms with Gasteiger partial charge in [0.25, 0.3) is 0 Å². The quantitative estimate of drug-likeness (QED) is 0.678. The minimum atomic E-state index is -0.346. The molecule has 0 spiro atoms. The van der Waals surface area contributed by atoms with Crippen molar-refractivity contribution >= 4 is 5.97 Å². The Morgan fingerprint density at radius 3 is 2.85 bits per heavy atom. The molecule has 27 heavy (non-hydrogen) atoms. The molecule has 0 radical (unpaired) electrons. The number of ether oxygens (including phenoxy) is 1. The molecule has 0 amide bonds. The highest BCUT2D eigenvalue weighted by atomic mass is 16.5. The van der Waals surface area contributed by atoms with E-state index in [0.717, 1.165) is 64.3 Å². The van der Waals surface area contributed by atoms with Crippen LogP contribution >= 0.6 is 0 Å². The summed E-state index contributed by atoms with van der Waals surface area (Å²) < 4.78 is 5.56. The largest absolute Gasteiger partial charge is 0.466 e. The van der Waals surface area contributed by atoms with E-state index >= 15 is 0 Å². The average molecular weight is 375 g/mol. The predicted molar refractivity (Wildman–Crippen MR) is 106 cm³/mol. The summed E-state index contributed by atoms with van der Waals surface area (Å²) in [5.74, 6) is 0.340. The summed E-state index contributed by atoms with van der Waals surface area (Å²) in [6.07, 6.45) is 3.81. The molecule has 0 bridgehead atoms. The maximum Gasteiger partial charge on any atom is 0.313 e. The molecule has 0 unspecified atom stereocenters. The van der Waals surface area contributed by atoms with Gasteiger partial charge in [0.05, 0.1) is 17.7 Å². The van der Waals surface area contributed by atoms with Gasteiger partial charge in [0, 0.05) is 51.4 Å². The molecule has 0 N–H and O–H groups in total. The van der Waals surface area contributed by atoms with E-state index in [2.05, 4.69) is 39.8 Å². The zero-order valence-corrected chi connectivity index (χ0v) is 17.1. The number of aromatic nitrogens is 1. The van der Waals surface area contributed by atoms with Crippen molar-refractivity contribution in [1.82, 2.24) is 19.7 Å². The van der Waals surface area contributed by atoms with E-state index < -0.39 is 0 Å². The van der Waals surface area contributed by atoms with E-state index in [1.165, 1.54) is 0 Å². The lowest BCUT2D eigenvalue weighted by Crippen LogP contribution is -2.42. The van der Waals surface area contributed by atoms with Crippen molar-refractivity contribution in [1.29, 1.82) is 0 Å². The molecule has 2 fully saturated rings. The van der Waals surface area contributed by atoms with E-state index in [1.807, 2.05) is 25.3 Å². The van der Waals surface area contributed by atoms with Crippen LogP contribution in [0.5, 0.6) is 0 Å². The molecule has 6 nitrogen and oxygen atoms in total. The molecular weight excluding hydrogens is 340 g/mol. The number of likely N-dealkylation sites (tertiary alicyclic amines) is 2. The van der Waals surface area contributed by atoms with E-state index in [0.29, 0.717) is 12.5 Å². The third kappa shape index (κ3) is 4.86. The third-order valence-corrected chi connectivity index (χ3v) is 6.00. The maximum absolute atomic E-state index is 13.0. The van der Waals surface area contributed by atoms with Crippen LogP contribution in [0.3, 0.4) is 0 Å². The number of fused-ring (bicyclic) bond motifs is 1. The Bertz CT molecular complexity index is 609. The molecule has 2 atom stereocenters. The highest BCUT2D eigenvalue weighted by Crippen LogP contribution is 2.43. The lowest BCUT2D eigenvalue weighted by molar-refractivity contribution is -0.157. The summed E-state index contributed by atoms with van der Waals surface area (Å²) in [6, 6.07) is 6.08. The van der Waals surface area contributed by atoms with Gasteiger partial charge in [-0.15, -0.1) is 0 Å². The van der Waals surface area contributed by atoms with Gasteiger partial charge in [-0.1, -0.05) is 6.07 Å². The summed E-state index contributed by atoms with van der Waals surface area (Å²) in [7, 11) is 4.20. The van der Waals surface area contributed by atoms with Crippen LogP contribution in [0.2, 0.25) is 0 Å². The average Bonchev–Trinajstić information content (AvgIpc) is 2.90. The predicted octanol–water partition coefficient (Wildman–Crippen LogP) is 1.72. The first-order valence-corrected chi connectivity index (χ1v) is 10.2. The van der Waals surface area contributed by atoms with Gasteiger partial charge in [-0.05, 0) is 52.5 Å². The molecule has 3 heterocycles. The van der Waals surface area contributed by atoms with Crippen molar-refractivity contribution in [3.63, 3.8) is 0 Å². The Kier molecular flexibility index (Phi) is 6.84. The smallest absolute Gasteiger partial charge is 0.313 e. The van der Waals surface area contributed by atoms with E-state index in [4.69, 9.17) is 4.74 Å². The number of esters is 1. The Morgan fingerprint density at radius 2 is 2.15 bits per heavy atom. The van der Waals surface area contributed by atoms with Crippen molar-refractivity contribution in [3.8, 4) is 0 Å². The molecule has 0 aliphatic carbocycles. The lowest BCUT2D eigenvalue weighted by Gasteiger charge is -2.31. The number of rotatable bonds is 7. The molecular formula is C21H34N4O2. The van der Waals surface area contributed by atoms with Gasteiger partial charge in [0.1, 0.15) is 0 Å². The summed E-state index contributed by atoms with van der Waals surface area (Å²) in [5.41, 5.74) is 0.755. The molecule has 0 aromatic carbocycles. The standard InChI is InChI=1S/C21H34N4O2/c1-4-27-20(26)21-9-7-11-24(16-19-8-5-6-10-22-19)14-18(21)15-25(17-21)13-12-23(2)3/h5-6,8,10,18H,4,7,9,11-17H2,1-3H3/t18-,21-/m0/s1. The maximum atomic E-state index is 13.0. The molecule has 2 saturated heterocycles. The Labute approximate surface area is 163 Å². The minimum absolute atomic E-state index is 0.0158. The summed E-state index contributed by atoms with van der Waals surface area (Å²) in [5, 5.41) is 0. The van der Waals surface area contributed by atoms with Crippen LogP contribution in [-0.2, 0) is 16.1 Å². The molecule has 1 aromatic rings. The van der Waals surface area contributed by atoms with Gasteiger partial charge in [-0.25, -0.2) is 0 Å². The molecule has 0 saturated carbocycles. The van der Waals surface area contributed by atoms with Crippen molar-refractivity contribution in [3.05, 3.63) is 30.1 Å². The number of pyridine rings is 1. The first kappa shape index (κ1) is 20.2. The second-order valence-corrected chi connectivity index (χ2v) is 8.27. The van der Waals surface area contributed by atoms with Crippen molar-refractivity contribution in [2.75, 3.05) is 60.0 Å². The highest BCUT2D eigenvalue weighted by Gasteiger charge is 2.53. The van der Waals surface area contributed by atoms with Crippen molar-refractivity contribution in [2.45, 2.75) is 26.3 Å². The number of nitrogens with zero attached hydrogens (tertiary/aromatic N) is 4. The van der Waals surface area contributed by atoms with Crippen LogP contribution in [0, 0.1) is 11.3 Å². The summed E-state index contributed by atoms with van der Waals surface area (Å²) >= 11 is 0. The topological polar surface area (TPSA) is 48.9 Å². The van der Waals surface area contributed by atoms with Crippen molar-refractivity contribution in [2.24, 2.45) is 11.3 Å². The van der Waals surface area contributed by atoms with Gasteiger partial charge < -0.3 is 14.5 Å². The zero-order valence-electron chi connectivity index (χ0n) is 17.1. The number of hydrogen-bond acceptors (Lipinski definition) is 6. The van der Waals surface area contributed by atoms with Crippen LogP contribution in [0.1, 0.15) is 25.5 Å². The van der Waals surface area contributed by atoms with Gasteiger partial charge in [0.2, 0.25) is 0 Å². The molecule has 2 aliphatic heterocycles. The van der Waals surface area contributed by atoms with Crippen LogP contribution in [0.15, 0.2) is 24.4 Å². The van der Waals surface area contributed by atoms with Gasteiger partial charge in [-0.3, -0.25) is 14.7 Å². The number of carbonyl (C=O) groups is 1. The van der Waals surface area contributed by atoms with E-state index in [1.54, 1.807) is 0 Å². The van der Waals surface area contributed by atoms with Gasteiger partial charge in [-0.2, -0.15) is 0 Å². The SMILES string of the molecule is CCOC(=O)[C@]12CCCN(Cc3ccccn3)C[C@H]1CN(CCN(C)C)C2. The normalized spacial score (nSPS) is 26.7. The van der Waals surface area contributed by atoms with E-state index in [-0.39, 0.29) is 11.4 Å². The first-order valence-electron chi connectivity index (χ1n) is 10.2. The fourth-order valence-electron chi connectivity index (χ4n) is 4.60. The summed E-state index contributed by atoms with van der Waals surface area (Å²) in [4.78, 5) is 24.6. The fourth-order valence-corrected chi connectivity index (χ4v) is 4.60. The minimum Gasteiger partial charge on any atom is -0.466 e. The second kappa shape index (κ2) is 9.13. The van der Waals surface area contributed by atoms with E-state index in [9.17, 15) is 4.79 Å². The molecule has 6 heteroatoms. The van der Waals surface area contributed by atoms with Crippen LogP contribution in [0.25, 0.3) is 0 Å². The summed E-state index contributed by atoms with van der Waals surface area (Å²) in [6.45, 7) is 9.02. The van der Waals surface area contributed by atoms with Crippen LogP contribution in [0.4, 0.5) is 0 Å². The number of hydrogen-bond donors (Lipinski definition) is 0. The Hall–Kier alpha value is -1.50. The van der Waals surface area contributed by atoms with Crippen molar-refractivity contribution < 1.29 is 9.53 Å². The van der Waals surface area contributed by atoms with Gasteiger partial charge >= 0.3 is 5.97 Å². The second-order valence-electron chi connectivity index (χ2n) is 8.27. The number of carbonyl (C=O) groups excluding carboxylic acids is 1. The molecule has 3 rings (SSSR count). The Morgan fingerprint density at radius 1 is 1.33 bits per heavy atom. The van der Waals surface area contributed by atoms with Crippen LogP contribution < -0.4 is 0 Å². The molecule has 150 valence electrons. The monoisotopic (exact) mass is 374 g/mol. The fraction of sp³-hybridized carbons (Fsp3) is 0.714. The number of likely N-dealkylation sites (N-methyl/N-ethyl adjacent to an activating group) is 1. The van der Waals surface area contributed by atoms with Crippen LogP contribution in [-0.4, -0.2) is 85.6 Å². The third-order valence-electron chi connectivity index (χ3n) is 6.00. The Balaban J connectivity index is 1.74. The molecule has 1 aromatic heterocycles. The molecule has 2 aliphatic rings. The first-order chi connectivity index (χ1) is 13.0. The highest BCUT2D eigenvalue weighted by molar-refractivity contribution is 5.78.